The molecule has 8 heteroatoms. The summed E-state index contributed by atoms with van der Waals surface area (Å²) in [5, 5.41) is 28.6. The fourth-order valence-corrected chi connectivity index (χ4v) is 2.63. The maximum absolute atomic E-state index is 9.62. The fourth-order valence-electron chi connectivity index (χ4n) is 2.63. The van der Waals surface area contributed by atoms with Crippen LogP contribution in [0.15, 0.2) is 30.3 Å². The molecule has 0 aliphatic rings. The minimum Gasteiger partial charge on any atom is -0.497 e. The minimum atomic E-state index is -1.69. The Morgan fingerprint density at radius 3 is 1.96 bits per heavy atom. The predicted octanol–water partition coefficient (Wildman–Crippen LogP) is 1.46. The maximum atomic E-state index is 9.62. The summed E-state index contributed by atoms with van der Waals surface area (Å²) in [7, 11) is 4.23. The minimum absolute atomic E-state index is 0.202. The first-order valence-electron chi connectivity index (χ1n) is 7.95. The van der Waals surface area contributed by atoms with E-state index < -0.39 is 7.12 Å². The van der Waals surface area contributed by atoms with Crippen LogP contribution in [-0.2, 0) is 0 Å². The molecule has 0 saturated carbocycles. The number of hydrogen-bond donors (Lipinski definition) is 2. The van der Waals surface area contributed by atoms with Gasteiger partial charge in [-0.05, 0) is 35.4 Å². The Balaban J connectivity index is 2.57. The van der Waals surface area contributed by atoms with E-state index in [-0.39, 0.29) is 5.46 Å². The third kappa shape index (κ3) is 4.34. The summed E-state index contributed by atoms with van der Waals surface area (Å²) in [6, 6.07) is 10.3. The van der Waals surface area contributed by atoms with Crippen molar-refractivity contribution < 1.29 is 29.0 Å². The van der Waals surface area contributed by atoms with Gasteiger partial charge < -0.3 is 29.0 Å². The van der Waals surface area contributed by atoms with E-state index in [0.29, 0.717) is 39.7 Å². The molecule has 7 nitrogen and oxygen atoms in total. The van der Waals surface area contributed by atoms with Gasteiger partial charge in [0.1, 0.15) is 5.75 Å². The highest BCUT2D eigenvalue weighted by Crippen LogP contribution is 2.40. The van der Waals surface area contributed by atoms with Gasteiger partial charge in [-0.15, -0.1) is 0 Å². The van der Waals surface area contributed by atoms with Crippen LogP contribution < -0.4 is 24.4 Å². The average molecular weight is 369 g/mol. The molecule has 0 unspecified atom stereocenters. The Morgan fingerprint density at radius 1 is 0.926 bits per heavy atom. The molecule has 2 aromatic carbocycles. The van der Waals surface area contributed by atoms with Gasteiger partial charge in [-0.2, -0.15) is 5.26 Å². The third-order valence-corrected chi connectivity index (χ3v) is 3.94. The molecule has 0 aliphatic carbocycles. The maximum Gasteiger partial charge on any atom is 0.492 e. The molecule has 0 bridgehead atoms. The number of hydrogen-bond acceptors (Lipinski definition) is 7. The molecule has 0 aromatic heterocycles. The van der Waals surface area contributed by atoms with Crippen molar-refractivity contribution in [3.05, 3.63) is 41.5 Å². The van der Waals surface area contributed by atoms with Crippen molar-refractivity contribution in [1.29, 1.82) is 5.26 Å². The van der Waals surface area contributed by atoms with Gasteiger partial charge in [0.25, 0.3) is 0 Å². The van der Waals surface area contributed by atoms with Crippen LogP contribution >= 0.6 is 0 Å². The lowest BCUT2D eigenvalue weighted by molar-refractivity contribution is 0.324. The summed E-state index contributed by atoms with van der Waals surface area (Å²) in [6.07, 6.45) is 1.62. The van der Waals surface area contributed by atoms with Crippen LogP contribution in [0.2, 0.25) is 0 Å². The van der Waals surface area contributed by atoms with E-state index in [4.69, 9.17) is 18.9 Å². The first-order valence-corrected chi connectivity index (χ1v) is 7.95. The molecule has 0 aliphatic heterocycles. The van der Waals surface area contributed by atoms with Crippen molar-refractivity contribution in [3.8, 4) is 29.1 Å². The largest absolute Gasteiger partial charge is 0.497 e. The smallest absolute Gasteiger partial charge is 0.492 e. The van der Waals surface area contributed by atoms with E-state index in [1.54, 1.807) is 36.4 Å². The van der Waals surface area contributed by atoms with Gasteiger partial charge in [-0.25, -0.2) is 0 Å². The first-order chi connectivity index (χ1) is 13.0. The molecular formula is C19H20BNO6. The summed E-state index contributed by atoms with van der Waals surface area (Å²) in [5.41, 5.74) is 1.70. The third-order valence-electron chi connectivity index (χ3n) is 3.94. The van der Waals surface area contributed by atoms with Gasteiger partial charge in [-0.1, -0.05) is 12.1 Å². The highest BCUT2D eigenvalue weighted by Gasteiger charge is 2.18. The van der Waals surface area contributed by atoms with Crippen LogP contribution in [0.3, 0.4) is 0 Å². The molecule has 0 fully saturated rings. The van der Waals surface area contributed by atoms with Gasteiger partial charge >= 0.3 is 7.12 Å². The number of nitrogens with zero attached hydrogens (tertiary/aromatic N) is 1. The molecule has 2 aromatic rings. The Morgan fingerprint density at radius 2 is 1.52 bits per heavy atom. The van der Waals surface area contributed by atoms with Crippen molar-refractivity contribution in [2.45, 2.75) is 0 Å². The Hall–Kier alpha value is -3.15. The first kappa shape index (κ1) is 20.2. The summed E-state index contributed by atoms with van der Waals surface area (Å²) < 4.78 is 21.0. The van der Waals surface area contributed by atoms with Crippen molar-refractivity contribution in [3.63, 3.8) is 0 Å². The fraction of sp³-hybridized carbons (Fsp3) is 0.211. The van der Waals surface area contributed by atoms with Crippen molar-refractivity contribution in [2.24, 2.45) is 0 Å². The molecule has 0 amide bonds. The zero-order valence-corrected chi connectivity index (χ0v) is 15.5. The summed E-state index contributed by atoms with van der Waals surface area (Å²) >= 11 is 0. The molecule has 140 valence electrons. The Bertz CT molecular complexity index is 863. The number of nitriles is 1. The van der Waals surface area contributed by atoms with Crippen LogP contribution in [0.4, 0.5) is 0 Å². The van der Waals surface area contributed by atoms with Crippen LogP contribution in [0.25, 0.3) is 11.6 Å². The van der Waals surface area contributed by atoms with E-state index in [0.717, 1.165) is 0 Å². The number of rotatable bonds is 7. The van der Waals surface area contributed by atoms with E-state index in [1.165, 1.54) is 28.4 Å². The van der Waals surface area contributed by atoms with Gasteiger partial charge in [0, 0.05) is 5.46 Å². The van der Waals surface area contributed by atoms with Crippen molar-refractivity contribution >= 4 is 24.2 Å². The summed E-state index contributed by atoms with van der Waals surface area (Å²) in [4.78, 5) is 0. The standard InChI is InChI=1S/C19H20BNO6/c1-24-16-6-5-12(8-15(16)20(22)23)7-14(11-21)13-9-17(25-2)19(27-4)18(10-13)26-3/h5-10,22-23H,1-4H3/b14-7+. The Labute approximate surface area is 158 Å². The van der Waals surface area contributed by atoms with E-state index in [9.17, 15) is 15.3 Å². The molecule has 27 heavy (non-hydrogen) atoms. The molecule has 0 heterocycles. The lowest BCUT2D eigenvalue weighted by Gasteiger charge is -2.14. The number of ether oxygens (including phenoxy) is 4. The van der Waals surface area contributed by atoms with Crippen LogP contribution in [0, 0.1) is 11.3 Å². The van der Waals surface area contributed by atoms with Gasteiger partial charge in [0.05, 0.1) is 40.1 Å². The second kappa shape index (κ2) is 8.99. The number of benzene rings is 2. The van der Waals surface area contributed by atoms with Crippen molar-refractivity contribution in [2.75, 3.05) is 28.4 Å². The topological polar surface area (TPSA) is 101 Å². The van der Waals surface area contributed by atoms with Crippen LogP contribution in [0.5, 0.6) is 23.0 Å². The molecule has 0 radical (unpaired) electrons. The van der Waals surface area contributed by atoms with E-state index >= 15 is 0 Å². The molecule has 0 atom stereocenters. The Kier molecular flexibility index (Phi) is 6.71. The number of allylic oxidation sites excluding steroid dienone is 1. The van der Waals surface area contributed by atoms with Crippen molar-refractivity contribution in [1.82, 2.24) is 0 Å². The van der Waals surface area contributed by atoms with Gasteiger partial charge in [0.15, 0.2) is 11.5 Å². The lowest BCUT2D eigenvalue weighted by Crippen LogP contribution is -2.31. The van der Waals surface area contributed by atoms with Crippen LogP contribution in [-0.4, -0.2) is 45.6 Å². The quantitative estimate of drug-likeness (QED) is 0.433. The molecule has 2 N–H and O–H groups in total. The lowest BCUT2D eigenvalue weighted by atomic mass is 9.78. The molecule has 2 rings (SSSR count). The zero-order valence-electron chi connectivity index (χ0n) is 15.5. The zero-order chi connectivity index (χ0) is 20.0. The van der Waals surface area contributed by atoms with Crippen LogP contribution in [0.1, 0.15) is 11.1 Å². The molecule has 0 spiro atoms. The molecule has 0 saturated heterocycles. The second-order valence-electron chi connectivity index (χ2n) is 5.46. The van der Waals surface area contributed by atoms with Gasteiger partial charge in [-0.3, -0.25) is 0 Å². The highest BCUT2D eigenvalue weighted by molar-refractivity contribution is 6.59. The monoisotopic (exact) mass is 369 g/mol. The molecular weight excluding hydrogens is 349 g/mol. The van der Waals surface area contributed by atoms with Gasteiger partial charge in [0.2, 0.25) is 5.75 Å². The van der Waals surface area contributed by atoms with E-state index in [1.807, 2.05) is 0 Å². The summed E-state index contributed by atoms with van der Waals surface area (Å²) in [6.45, 7) is 0. The second-order valence-corrected chi connectivity index (χ2v) is 5.46. The number of methoxy groups -OCH3 is 4. The normalized spacial score (nSPS) is 10.8. The van der Waals surface area contributed by atoms with E-state index in [2.05, 4.69) is 6.07 Å². The highest BCUT2D eigenvalue weighted by atomic mass is 16.5. The summed E-state index contributed by atoms with van der Waals surface area (Å²) in [5.74, 6) is 1.62. The average Bonchev–Trinajstić information content (AvgIpc) is 2.70. The SMILES string of the molecule is COc1ccc(/C=C(\C#N)c2cc(OC)c(OC)c(OC)c2)cc1B(O)O. The predicted molar refractivity (Wildman–Crippen MR) is 102 cm³/mol.